The minimum Gasteiger partial charge on any atom is -0.354 e. The van der Waals surface area contributed by atoms with Gasteiger partial charge >= 0.3 is 0 Å². The highest BCUT2D eigenvalue weighted by molar-refractivity contribution is 5.80. The van der Waals surface area contributed by atoms with Crippen LogP contribution in [0.25, 0.3) is 0 Å². The van der Waals surface area contributed by atoms with Crippen molar-refractivity contribution in [3.63, 3.8) is 0 Å². The van der Waals surface area contributed by atoms with Crippen LogP contribution < -0.4 is 5.32 Å². The quantitative estimate of drug-likeness (QED) is 0.629. The Labute approximate surface area is 162 Å². The second-order valence-corrected chi connectivity index (χ2v) is 7.19. The van der Waals surface area contributed by atoms with E-state index in [0.717, 1.165) is 44.4 Å². The summed E-state index contributed by atoms with van der Waals surface area (Å²) in [4.78, 5) is 6.95. The van der Waals surface area contributed by atoms with E-state index in [0.29, 0.717) is 11.8 Å². The van der Waals surface area contributed by atoms with E-state index in [-0.39, 0.29) is 0 Å². The first-order valence-corrected chi connectivity index (χ1v) is 10.1. The lowest BCUT2D eigenvalue weighted by atomic mass is 9.79. The minimum atomic E-state index is 0.648. The van der Waals surface area contributed by atoms with Gasteiger partial charge in [-0.3, -0.25) is 4.99 Å². The Balaban J connectivity index is 1.57. The van der Waals surface area contributed by atoms with E-state index in [1.807, 2.05) is 13.4 Å². The van der Waals surface area contributed by atoms with Crippen molar-refractivity contribution < 1.29 is 0 Å². The third-order valence-electron chi connectivity index (χ3n) is 5.65. The Morgan fingerprint density at radius 2 is 2.07 bits per heavy atom. The maximum atomic E-state index is 4.53. The van der Waals surface area contributed by atoms with Crippen LogP contribution in [0.1, 0.15) is 44.0 Å². The second kappa shape index (κ2) is 9.53. The molecule has 27 heavy (non-hydrogen) atoms. The van der Waals surface area contributed by atoms with Gasteiger partial charge in [0.2, 0.25) is 0 Å². The number of hydrogen-bond acceptors (Lipinski definition) is 3. The van der Waals surface area contributed by atoms with E-state index in [4.69, 9.17) is 0 Å². The van der Waals surface area contributed by atoms with E-state index in [2.05, 4.69) is 74.2 Å². The fourth-order valence-electron chi connectivity index (χ4n) is 4.14. The minimum absolute atomic E-state index is 0.648. The summed E-state index contributed by atoms with van der Waals surface area (Å²) in [6.07, 6.45) is 5.07. The van der Waals surface area contributed by atoms with Crippen LogP contribution in [0, 0.1) is 5.92 Å². The van der Waals surface area contributed by atoms with Crippen molar-refractivity contribution in [3.05, 3.63) is 48.0 Å². The topological polar surface area (TPSA) is 58.3 Å². The first-order chi connectivity index (χ1) is 13.3. The molecular weight excluding hydrogens is 336 g/mol. The molecule has 1 aliphatic heterocycles. The predicted molar refractivity (Wildman–Crippen MR) is 110 cm³/mol. The molecule has 0 amide bonds. The van der Waals surface area contributed by atoms with Crippen molar-refractivity contribution in [2.24, 2.45) is 10.9 Å². The number of hydrogen-bond donors (Lipinski definition) is 1. The number of aliphatic imine (C=N–C) groups is 1. The molecule has 0 saturated carbocycles. The van der Waals surface area contributed by atoms with Crippen LogP contribution in [-0.4, -0.2) is 52.3 Å². The summed E-state index contributed by atoms with van der Waals surface area (Å²) in [6.45, 7) is 8.19. The summed E-state index contributed by atoms with van der Waals surface area (Å²) in [5.41, 5.74) is 1.48. The molecule has 3 rings (SSSR count). The Kier molecular flexibility index (Phi) is 6.85. The van der Waals surface area contributed by atoms with Crippen LogP contribution in [0.4, 0.5) is 0 Å². The molecule has 1 saturated heterocycles. The van der Waals surface area contributed by atoms with Gasteiger partial charge in [0.25, 0.3) is 0 Å². The van der Waals surface area contributed by atoms with Crippen molar-refractivity contribution in [1.29, 1.82) is 0 Å². The number of guanidine groups is 1. The molecule has 146 valence electrons. The van der Waals surface area contributed by atoms with Crippen LogP contribution in [0.15, 0.2) is 41.7 Å². The smallest absolute Gasteiger partial charge is 0.193 e. The number of nitrogens with zero attached hydrogens (tertiary/aromatic N) is 5. The van der Waals surface area contributed by atoms with Crippen LogP contribution in [0.3, 0.4) is 0 Å². The van der Waals surface area contributed by atoms with Gasteiger partial charge in [-0.05, 0) is 23.8 Å². The van der Waals surface area contributed by atoms with E-state index in [1.165, 1.54) is 18.4 Å². The molecule has 2 unspecified atom stereocenters. The van der Waals surface area contributed by atoms with Gasteiger partial charge in [0, 0.05) is 39.6 Å². The van der Waals surface area contributed by atoms with E-state index < -0.39 is 0 Å². The first-order valence-electron chi connectivity index (χ1n) is 10.1. The van der Waals surface area contributed by atoms with Gasteiger partial charge in [0.15, 0.2) is 5.96 Å². The van der Waals surface area contributed by atoms with E-state index in [1.54, 1.807) is 0 Å². The number of likely N-dealkylation sites (tertiary alicyclic amines) is 1. The Morgan fingerprint density at radius 3 is 2.78 bits per heavy atom. The molecule has 6 nitrogen and oxygen atoms in total. The Hall–Kier alpha value is -2.37. The zero-order valence-corrected chi connectivity index (χ0v) is 16.8. The molecule has 2 heterocycles. The van der Waals surface area contributed by atoms with Gasteiger partial charge in [-0.25, -0.2) is 0 Å². The SMILES string of the molecule is CCc1nncn1CCNC(=NC)N1CCC(c2ccccc2)C(CC)C1. The molecule has 0 bridgehead atoms. The van der Waals surface area contributed by atoms with Gasteiger partial charge in [-0.2, -0.15) is 0 Å². The molecule has 0 radical (unpaired) electrons. The first kappa shape index (κ1) is 19.4. The van der Waals surface area contributed by atoms with E-state index in [9.17, 15) is 0 Å². The molecule has 1 N–H and O–H groups in total. The zero-order chi connectivity index (χ0) is 19.1. The third kappa shape index (κ3) is 4.67. The lowest BCUT2D eigenvalue weighted by Crippen LogP contribution is -2.49. The van der Waals surface area contributed by atoms with Gasteiger partial charge in [-0.15, -0.1) is 10.2 Å². The zero-order valence-electron chi connectivity index (χ0n) is 16.8. The van der Waals surface area contributed by atoms with Crippen molar-refractivity contribution in [2.45, 2.75) is 45.6 Å². The summed E-state index contributed by atoms with van der Waals surface area (Å²) in [5, 5.41) is 11.7. The van der Waals surface area contributed by atoms with Crippen LogP contribution in [0.2, 0.25) is 0 Å². The number of nitrogens with one attached hydrogen (secondary N) is 1. The number of aromatic nitrogens is 3. The van der Waals surface area contributed by atoms with Gasteiger partial charge in [0.05, 0.1) is 0 Å². The second-order valence-electron chi connectivity index (χ2n) is 7.19. The average Bonchev–Trinajstić information content (AvgIpc) is 3.19. The fourth-order valence-corrected chi connectivity index (χ4v) is 4.14. The van der Waals surface area contributed by atoms with Crippen molar-refractivity contribution in [1.82, 2.24) is 25.0 Å². The summed E-state index contributed by atoms with van der Waals surface area (Å²) in [6, 6.07) is 11.0. The molecule has 2 aromatic rings. The average molecular weight is 369 g/mol. The standard InChI is InChI=1S/C21H32N6/c1-4-17-15-26(13-11-19(17)18-9-7-6-8-10-18)21(22-3)23-12-14-27-16-24-25-20(27)5-2/h6-10,16-17,19H,4-5,11-15H2,1-3H3,(H,22,23). The maximum Gasteiger partial charge on any atom is 0.193 e. The summed E-state index contributed by atoms with van der Waals surface area (Å²) < 4.78 is 2.11. The molecule has 1 aliphatic rings. The summed E-state index contributed by atoms with van der Waals surface area (Å²) in [7, 11) is 1.88. The molecule has 2 atom stereocenters. The summed E-state index contributed by atoms with van der Waals surface area (Å²) in [5.74, 6) is 3.34. The van der Waals surface area contributed by atoms with Crippen LogP contribution in [0.5, 0.6) is 0 Å². The number of aryl methyl sites for hydroxylation is 1. The monoisotopic (exact) mass is 368 g/mol. The summed E-state index contributed by atoms with van der Waals surface area (Å²) >= 11 is 0. The predicted octanol–water partition coefficient (Wildman–Crippen LogP) is 2.93. The lowest BCUT2D eigenvalue weighted by molar-refractivity contribution is 0.215. The number of rotatable bonds is 6. The van der Waals surface area contributed by atoms with Gasteiger partial charge in [0.1, 0.15) is 12.2 Å². The van der Waals surface area contributed by atoms with Gasteiger partial charge < -0.3 is 14.8 Å². The lowest BCUT2D eigenvalue weighted by Gasteiger charge is -2.40. The van der Waals surface area contributed by atoms with Crippen LogP contribution in [-0.2, 0) is 13.0 Å². The van der Waals surface area contributed by atoms with Gasteiger partial charge in [-0.1, -0.05) is 50.6 Å². The third-order valence-corrected chi connectivity index (χ3v) is 5.65. The maximum absolute atomic E-state index is 4.53. The molecule has 0 aliphatic carbocycles. The number of piperidine rings is 1. The van der Waals surface area contributed by atoms with Crippen molar-refractivity contribution in [2.75, 3.05) is 26.7 Å². The molecule has 0 spiro atoms. The molecule has 1 fully saturated rings. The van der Waals surface area contributed by atoms with Crippen LogP contribution >= 0.6 is 0 Å². The molecule has 6 heteroatoms. The molecular formula is C21H32N6. The highest BCUT2D eigenvalue weighted by Crippen LogP contribution is 2.34. The van der Waals surface area contributed by atoms with E-state index >= 15 is 0 Å². The molecule has 1 aromatic heterocycles. The molecule has 1 aromatic carbocycles. The Morgan fingerprint density at radius 1 is 1.26 bits per heavy atom. The highest BCUT2D eigenvalue weighted by atomic mass is 15.3. The largest absolute Gasteiger partial charge is 0.354 e. The Bertz CT molecular complexity index is 723. The normalized spacial score (nSPS) is 20.7. The van der Waals surface area contributed by atoms with Crippen molar-refractivity contribution in [3.8, 4) is 0 Å². The fraction of sp³-hybridized carbons (Fsp3) is 0.571. The van der Waals surface area contributed by atoms with Crippen molar-refractivity contribution >= 4 is 5.96 Å². The number of benzene rings is 1. The highest BCUT2D eigenvalue weighted by Gasteiger charge is 2.30.